The quantitative estimate of drug-likeness (QED) is 0.720. The van der Waals surface area contributed by atoms with Gasteiger partial charge in [0.1, 0.15) is 18.1 Å². The fourth-order valence-electron chi connectivity index (χ4n) is 2.28. The van der Waals surface area contributed by atoms with Crippen molar-refractivity contribution in [2.45, 2.75) is 27.0 Å². The van der Waals surface area contributed by atoms with Gasteiger partial charge in [-0.15, -0.1) is 11.3 Å². The number of hydrogen-bond donors (Lipinski definition) is 1. The number of aryl methyl sites for hydroxylation is 1. The van der Waals surface area contributed by atoms with Crippen molar-refractivity contribution in [1.82, 2.24) is 5.32 Å². The molecule has 0 aliphatic rings. The smallest absolute Gasteiger partial charge is 0.261 e. The van der Waals surface area contributed by atoms with Crippen LogP contribution in [0.25, 0.3) is 0 Å². The van der Waals surface area contributed by atoms with Gasteiger partial charge in [-0.2, -0.15) is 0 Å². The molecule has 0 radical (unpaired) electrons. The zero-order chi connectivity index (χ0) is 16.9. The molecule has 1 amide bonds. The summed E-state index contributed by atoms with van der Waals surface area (Å²) in [5, 5.41) is 4.79. The summed E-state index contributed by atoms with van der Waals surface area (Å²) < 4.78 is 11.1. The zero-order valence-electron chi connectivity index (χ0n) is 13.7. The molecule has 3 rings (SSSR count). The molecule has 24 heavy (non-hydrogen) atoms. The molecule has 0 aliphatic carbocycles. The minimum Gasteiger partial charge on any atom is -0.489 e. The summed E-state index contributed by atoms with van der Waals surface area (Å²) in [6.07, 6.45) is 1.59. The Morgan fingerprint density at radius 2 is 2.12 bits per heavy atom. The Kier molecular flexibility index (Phi) is 5.01. The molecule has 0 fully saturated rings. The van der Waals surface area contributed by atoms with E-state index in [9.17, 15) is 4.79 Å². The third-order valence-corrected chi connectivity index (χ3v) is 4.81. The molecule has 0 saturated heterocycles. The van der Waals surface area contributed by atoms with Crippen LogP contribution in [0.1, 0.15) is 32.1 Å². The Hall–Kier alpha value is -2.53. The fourth-order valence-corrected chi connectivity index (χ4v) is 3.09. The monoisotopic (exact) mass is 341 g/mol. The molecule has 3 aromatic rings. The third-order valence-electron chi connectivity index (χ3n) is 3.83. The van der Waals surface area contributed by atoms with Crippen molar-refractivity contribution >= 4 is 17.2 Å². The molecule has 0 bridgehead atoms. The first kappa shape index (κ1) is 16.3. The first-order chi connectivity index (χ1) is 11.6. The van der Waals surface area contributed by atoms with E-state index in [1.807, 2.05) is 36.6 Å². The van der Waals surface area contributed by atoms with Crippen LogP contribution in [0.5, 0.6) is 5.75 Å². The van der Waals surface area contributed by atoms with Crippen LogP contribution in [0.2, 0.25) is 0 Å². The van der Waals surface area contributed by atoms with Crippen molar-refractivity contribution in [2.24, 2.45) is 0 Å². The zero-order valence-corrected chi connectivity index (χ0v) is 14.5. The van der Waals surface area contributed by atoms with Gasteiger partial charge in [0.2, 0.25) is 0 Å². The number of ether oxygens (including phenoxy) is 1. The van der Waals surface area contributed by atoms with Gasteiger partial charge in [0.05, 0.1) is 17.7 Å². The summed E-state index contributed by atoms with van der Waals surface area (Å²) in [5.74, 6) is 1.51. The Balaban J connectivity index is 1.57. The van der Waals surface area contributed by atoms with Gasteiger partial charge in [-0.25, -0.2) is 0 Å². The molecule has 5 heteroatoms. The number of rotatable bonds is 6. The maximum atomic E-state index is 12.1. The fraction of sp³-hybridized carbons (Fsp3) is 0.211. The summed E-state index contributed by atoms with van der Waals surface area (Å²) >= 11 is 1.41. The van der Waals surface area contributed by atoms with E-state index in [0.717, 1.165) is 22.6 Å². The second-order valence-corrected chi connectivity index (χ2v) is 6.48. The molecule has 4 nitrogen and oxygen atoms in total. The number of nitrogens with one attached hydrogen (secondary N) is 1. The number of carbonyl (C=O) groups is 1. The highest BCUT2D eigenvalue weighted by Crippen LogP contribution is 2.23. The van der Waals surface area contributed by atoms with Gasteiger partial charge in [-0.3, -0.25) is 4.79 Å². The van der Waals surface area contributed by atoms with Gasteiger partial charge in [-0.05, 0) is 54.6 Å². The Bertz CT molecular complexity index is 821. The van der Waals surface area contributed by atoms with Crippen molar-refractivity contribution in [1.29, 1.82) is 0 Å². The topological polar surface area (TPSA) is 51.5 Å². The SMILES string of the molecule is Cc1cccc(OCc2csc(C(=O)NCc3ccco3)c2)c1C. The number of benzene rings is 1. The molecule has 2 aromatic heterocycles. The van der Waals surface area contributed by atoms with E-state index in [1.54, 1.807) is 12.3 Å². The Labute approximate surface area is 145 Å². The van der Waals surface area contributed by atoms with E-state index in [4.69, 9.17) is 9.15 Å². The van der Waals surface area contributed by atoms with E-state index in [2.05, 4.69) is 18.3 Å². The molecule has 0 atom stereocenters. The number of hydrogen-bond acceptors (Lipinski definition) is 4. The summed E-state index contributed by atoms with van der Waals surface area (Å²) in [5.41, 5.74) is 3.34. The second-order valence-electron chi connectivity index (χ2n) is 5.57. The number of thiophene rings is 1. The van der Waals surface area contributed by atoms with E-state index >= 15 is 0 Å². The molecule has 124 valence electrons. The first-order valence-electron chi connectivity index (χ1n) is 7.70. The van der Waals surface area contributed by atoms with Crippen LogP contribution >= 0.6 is 11.3 Å². The van der Waals surface area contributed by atoms with E-state index in [-0.39, 0.29) is 5.91 Å². The average Bonchev–Trinajstić information content (AvgIpc) is 3.25. The van der Waals surface area contributed by atoms with Crippen LogP contribution in [0.3, 0.4) is 0 Å². The van der Waals surface area contributed by atoms with Crippen LogP contribution in [0, 0.1) is 13.8 Å². The number of furan rings is 1. The predicted molar refractivity (Wildman–Crippen MR) is 94.4 cm³/mol. The van der Waals surface area contributed by atoms with Crippen molar-refractivity contribution in [3.05, 3.63) is 75.4 Å². The van der Waals surface area contributed by atoms with Crippen molar-refractivity contribution in [2.75, 3.05) is 0 Å². The van der Waals surface area contributed by atoms with E-state index in [0.29, 0.717) is 18.0 Å². The van der Waals surface area contributed by atoms with E-state index in [1.165, 1.54) is 16.9 Å². The summed E-state index contributed by atoms with van der Waals surface area (Å²) in [4.78, 5) is 12.8. The van der Waals surface area contributed by atoms with Crippen molar-refractivity contribution in [3.63, 3.8) is 0 Å². The van der Waals surface area contributed by atoms with E-state index < -0.39 is 0 Å². The minimum absolute atomic E-state index is 0.102. The van der Waals surface area contributed by atoms with Crippen LogP contribution in [-0.4, -0.2) is 5.91 Å². The Morgan fingerprint density at radius 3 is 2.92 bits per heavy atom. The van der Waals surface area contributed by atoms with Crippen molar-refractivity contribution < 1.29 is 13.9 Å². The van der Waals surface area contributed by atoms with Crippen LogP contribution in [-0.2, 0) is 13.2 Å². The molecule has 1 aromatic carbocycles. The maximum Gasteiger partial charge on any atom is 0.261 e. The van der Waals surface area contributed by atoms with Gasteiger partial charge in [0, 0.05) is 5.56 Å². The molecular weight excluding hydrogens is 322 g/mol. The largest absolute Gasteiger partial charge is 0.489 e. The van der Waals surface area contributed by atoms with Crippen molar-refractivity contribution in [3.8, 4) is 5.75 Å². The van der Waals surface area contributed by atoms with Gasteiger partial charge < -0.3 is 14.5 Å². The highest BCUT2D eigenvalue weighted by atomic mass is 32.1. The normalized spacial score (nSPS) is 10.6. The van der Waals surface area contributed by atoms with Crippen LogP contribution < -0.4 is 10.1 Å². The number of amides is 1. The lowest BCUT2D eigenvalue weighted by molar-refractivity contribution is 0.0952. The summed E-state index contributed by atoms with van der Waals surface area (Å²) in [6.45, 7) is 4.95. The third kappa shape index (κ3) is 3.86. The van der Waals surface area contributed by atoms with Gasteiger partial charge in [0.15, 0.2) is 0 Å². The maximum absolute atomic E-state index is 12.1. The van der Waals surface area contributed by atoms with Crippen LogP contribution in [0.4, 0.5) is 0 Å². The summed E-state index contributed by atoms with van der Waals surface area (Å²) in [6, 6.07) is 11.5. The molecule has 0 saturated carbocycles. The molecular formula is C19H19NO3S. The lowest BCUT2D eigenvalue weighted by Gasteiger charge is -2.09. The van der Waals surface area contributed by atoms with Gasteiger partial charge >= 0.3 is 0 Å². The Morgan fingerprint density at radius 1 is 1.25 bits per heavy atom. The standard InChI is InChI=1S/C19H19NO3S/c1-13-5-3-7-17(14(13)2)23-11-15-9-18(24-12-15)19(21)20-10-16-6-4-8-22-16/h3-9,12H,10-11H2,1-2H3,(H,20,21). The second kappa shape index (κ2) is 7.36. The first-order valence-corrected chi connectivity index (χ1v) is 8.58. The molecule has 0 aliphatic heterocycles. The minimum atomic E-state index is -0.102. The predicted octanol–water partition coefficient (Wildman–Crippen LogP) is 4.47. The molecule has 1 N–H and O–H groups in total. The molecule has 2 heterocycles. The van der Waals surface area contributed by atoms with Crippen LogP contribution in [0.15, 0.2) is 52.5 Å². The molecule has 0 unspecified atom stereocenters. The highest BCUT2D eigenvalue weighted by molar-refractivity contribution is 7.12. The summed E-state index contributed by atoms with van der Waals surface area (Å²) in [7, 11) is 0. The lowest BCUT2D eigenvalue weighted by Crippen LogP contribution is -2.21. The van der Waals surface area contributed by atoms with Gasteiger partial charge in [-0.1, -0.05) is 12.1 Å². The highest BCUT2D eigenvalue weighted by Gasteiger charge is 2.10. The number of carbonyl (C=O) groups excluding carboxylic acids is 1. The molecule has 0 spiro atoms. The lowest BCUT2D eigenvalue weighted by atomic mass is 10.1. The van der Waals surface area contributed by atoms with Gasteiger partial charge in [0.25, 0.3) is 5.91 Å². The average molecular weight is 341 g/mol.